The summed E-state index contributed by atoms with van der Waals surface area (Å²) < 4.78 is 0. The number of fused-ring (bicyclic) bond motifs is 1. The van der Waals surface area contributed by atoms with Crippen LogP contribution in [-0.2, 0) is 0 Å². The lowest BCUT2D eigenvalue weighted by Gasteiger charge is -2.01. The Bertz CT molecular complexity index is 482. The third-order valence-electron chi connectivity index (χ3n) is 1.87. The van der Waals surface area contributed by atoms with Crippen molar-refractivity contribution in [1.29, 1.82) is 0 Å². The first-order chi connectivity index (χ1) is 6.75. The number of amides is 1. The number of rotatable bonds is 1. The maximum absolute atomic E-state index is 10.4. The molecule has 0 aliphatic heterocycles. The highest BCUT2D eigenvalue weighted by Gasteiger charge is 1.99. The SMILES string of the molecule is O=C(O)Nc1cc2ccccc2cn1. The smallest absolute Gasteiger partial charge is 0.410 e. The second-order valence-corrected chi connectivity index (χ2v) is 2.85. The molecule has 0 radical (unpaired) electrons. The lowest BCUT2D eigenvalue weighted by Crippen LogP contribution is -2.08. The largest absolute Gasteiger partial charge is 0.465 e. The molecule has 0 saturated heterocycles. The van der Waals surface area contributed by atoms with E-state index in [0.717, 1.165) is 10.8 Å². The third-order valence-corrected chi connectivity index (χ3v) is 1.87. The summed E-state index contributed by atoms with van der Waals surface area (Å²) in [4.78, 5) is 14.3. The molecule has 0 spiro atoms. The number of benzene rings is 1. The number of pyridine rings is 1. The Hall–Kier alpha value is -2.10. The second kappa shape index (κ2) is 3.33. The van der Waals surface area contributed by atoms with Gasteiger partial charge in [0.25, 0.3) is 0 Å². The fraction of sp³-hybridized carbons (Fsp3) is 0. The lowest BCUT2D eigenvalue weighted by molar-refractivity contribution is 0.209. The monoisotopic (exact) mass is 188 g/mol. The fourth-order valence-electron chi connectivity index (χ4n) is 1.26. The Balaban J connectivity index is 2.46. The van der Waals surface area contributed by atoms with Gasteiger partial charge < -0.3 is 5.11 Å². The third kappa shape index (κ3) is 1.64. The van der Waals surface area contributed by atoms with Crippen LogP contribution in [0, 0.1) is 0 Å². The van der Waals surface area contributed by atoms with Gasteiger partial charge in [0.2, 0.25) is 0 Å². The molecule has 4 heteroatoms. The standard InChI is InChI=1S/C10H8N2O2/c13-10(14)12-9-5-7-3-1-2-4-8(7)6-11-9/h1-6H,(H,11,12)(H,13,14). The highest BCUT2D eigenvalue weighted by molar-refractivity contribution is 5.88. The summed E-state index contributed by atoms with van der Waals surface area (Å²) in [6.45, 7) is 0. The van der Waals surface area contributed by atoms with E-state index in [1.165, 1.54) is 0 Å². The van der Waals surface area contributed by atoms with Crippen LogP contribution in [-0.4, -0.2) is 16.2 Å². The molecule has 1 amide bonds. The molecule has 2 rings (SSSR count). The Morgan fingerprint density at radius 3 is 2.71 bits per heavy atom. The molecule has 1 aromatic carbocycles. The van der Waals surface area contributed by atoms with Crippen molar-refractivity contribution >= 4 is 22.7 Å². The van der Waals surface area contributed by atoms with Gasteiger partial charge in [-0.05, 0) is 11.5 Å². The zero-order valence-corrected chi connectivity index (χ0v) is 7.27. The number of nitrogens with one attached hydrogen (secondary N) is 1. The number of carboxylic acid groups (broad SMARTS) is 1. The Labute approximate surface area is 80.2 Å². The molecule has 1 aromatic heterocycles. The topological polar surface area (TPSA) is 62.2 Å². The first kappa shape index (κ1) is 8.50. The first-order valence-corrected chi connectivity index (χ1v) is 4.10. The molecule has 2 aromatic rings. The van der Waals surface area contributed by atoms with Crippen molar-refractivity contribution in [1.82, 2.24) is 4.98 Å². The zero-order chi connectivity index (χ0) is 9.97. The van der Waals surface area contributed by atoms with E-state index in [1.54, 1.807) is 12.3 Å². The predicted molar refractivity (Wildman–Crippen MR) is 53.4 cm³/mol. The summed E-state index contributed by atoms with van der Waals surface area (Å²) in [5, 5.41) is 12.6. The van der Waals surface area contributed by atoms with E-state index in [1.807, 2.05) is 24.3 Å². The quantitative estimate of drug-likeness (QED) is 0.721. The zero-order valence-electron chi connectivity index (χ0n) is 7.27. The van der Waals surface area contributed by atoms with Gasteiger partial charge in [0.15, 0.2) is 0 Å². The van der Waals surface area contributed by atoms with Crippen LogP contribution in [0.1, 0.15) is 0 Å². The van der Waals surface area contributed by atoms with Gasteiger partial charge in [0.1, 0.15) is 5.82 Å². The van der Waals surface area contributed by atoms with Crippen molar-refractivity contribution in [2.45, 2.75) is 0 Å². The normalized spacial score (nSPS) is 10.0. The van der Waals surface area contributed by atoms with Gasteiger partial charge in [0.05, 0.1) is 0 Å². The summed E-state index contributed by atoms with van der Waals surface area (Å²) in [5.41, 5.74) is 0. The van der Waals surface area contributed by atoms with Crippen LogP contribution in [0.2, 0.25) is 0 Å². The average Bonchev–Trinajstić information content (AvgIpc) is 2.17. The van der Waals surface area contributed by atoms with Gasteiger partial charge in [0, 0.05) is 11.6 Å². The van der Waals surface area contributed by atoms with Crippen molar-refractivity contribution in [3.63, 3.8) is 0 Å². The van der Waals surface area contributed by atoms with Crippen LogP contribution in [0.4, 0.5) is 10.6 Å². The van der Waals surface area contributed by atoms with Crippen LogP contribution in [0.3, 0.4) is 0 Å². The predicted octanol–water partition coefficient (Wildman–Crippen LogP) is 2.32. The molecule has 0 aliphatic rings. The van der Waals surface area contributed by atoms with E-state index in [0.29, 0.717) is 5.82 Å². The second-order valence-electron chi connectivity index (χ2n) is 2.85. The highest BCUT2D eigenvalue weighted by Crippen LogP contribution is 2.15. The van der Waals surface area contributed by atoms with Gasteiger partial charge in [-0.2, -0.15) is 0 Å². The first-order valence-electron chi connectivity index (χ1n) is 4.10. The van der Waals surface area contributed by atoms with Gasteiger partial charge >= 0.3 is 6.09 Å². The molecule has 14 heavy (non-hydrogen) atoms. The summed E-state index contributed by atoms with van der Waals surface area (Å²) in [6.07, 6.45) is 0.536. The van der Waals surface area contributed by atoms with E-state index in [9.17, 15) is 4.79 Å². The summed E-state index contributed by atoms with van der Waals surface area (Å²) in [6, 6.07) is 9.33. The number of hydrogen-bond donors (Lipinski definition) is 2. The van der Waals surface area contributed by atoms with Gasteiger partial charge in [-0.1, -0.05) is 24.3 Å². The molecule has 0 aliphatic carbocycles. The molecule has 0 fully saturated rings. The molecule has 0 saturated carbocycles. The molecule has 0 unspecified atom stereocenters. The lowest BCUT2D eigenvalue weighted by atomic mass is 10.2. The van der Waals surface area contributed by atoms with Crippen LogP contribution >= 0.6 is 0 Å². The number of anilines is 1. The van der Waals surface area contributed by atoms with Gasteiger partial charge in [-0.15, -0.1) is 0 Å². The average molecular weight is 188 g/mol. The van der Waals surface area contributed by atoms with Crippen LogP contribution < -0.4 is 5.32 Å². The summed E-state index contributed by atoms with van der Waals surface area (Å²) in [7, 11) is 0. The molecule has 2 N–H and O–H groups in total. The Morgan fingerprint density at radius 1 is 1.29 bits per heavy atom. The number of aromatic nitrogens is 1. The maximum Gasteiger partial charge on any atom is 0.410 e. The minimum absolute atomic E-state index is 0.344. The molecular formula is C10H8N2O2. The molecule has 0 atom stereocenters. The van der Waals surface area contributed by atoms with E-state index in [4.69, 9.17) is 5.11 Å². The minimum Gasteiger partial charge on any atom is -0.465 e. The van der Waals surface area contributed by atoms with Crippen molar-refractivity contribution in [3.05, 3.63) is 36.5 Å². The van der Waals surface area contributed by atoms with Gasteiger partial charge in [-0.25, -0.2) is 9.78 Å². The Morgan fingerprint density at radius 2 is 2.00 bits per heavy atom. The van der Waals surface area contributed by atoms with Crippen molar-refractivity contribution in [2.75, 3.05) is 5.32 Å². The fourth-order valence-corrected chi connectivity index (χ4v) is 1.26. The van der Waals surface area contributed by atoms with E-state index < -0.39 is 6.09 Å². The molecular weight excluding hydrogens is 180 g/mol. The number of hydrogen-bond acceptors (Lipinski definition) is 2. The molecule has 70 valence electrons. The molecule has 4 nitrogen and oxygen atoms in total. The van der Waals surface area contributed by atoms with Crippen LogP contribution in [0.15, 0.2) is 36.5 Å². The minimum atomic E-state index is -1.10. The molecule has 1 heterocycles. The highest BCUT2D eigenvalue weighted by atomic mass is 16.4. The van der Waals surface area contributed by atoms with E-state index >= 15 is 0 Å². The maximum atomic E-state index is 10.4. The number of carbonyl (C=O) groups is 1. The van der Waals surface area contributed by atoms with Crippen molar-refractivity contribution < 1.29 is 9.90 Å². The van der Waals surface area contributed by atoms with E-state index in [2.05, 4.69) is 10.3 Å². The van der Waals surface area contributed by atoms with Gasteiger partial charge in [-0.3, -0.25) is 5.32 Å². The van der Waals surface area contributed by atoms with E-state index in [-0.39, 0.29) is 0 Å². The van der Waals surface area contributed by atoms with Crippen LogP contribution in [0.25, 0.3) is 10.8 Å². The summed E-state index contributed by atoms with van der Waals surface area (Å²) >= 11 is 0. The summed E-state index contributed by atoms with van der Waals surface area (Å²) in [5.74, 6) is 0.344. The van der Waals surface area contributed by atoms with Crippen LogP contribution in [0.5, 0.6) is 0 Å². The number of nitrogens with zero attached hydrogens (tertiary/aromatic N) is 1. The van der Waals surface area contributed by atoms with Crippen molar-refractivity contribution in [3.8, 4) is 0 Å². The Kier molecular flexibility index (Phi) is 2.02. The molecule has 0 bridgehead atoms. The van der Waals surface area contributed by atoms with Crippen molar-refractivity contribution in [2.24, 2.45) is 0 Å².